The van der Waals surface area contributed by atoms with Crippen LogP contribution in [0.1, 0.15) is 0 Å². The highest BCUT2D eigenvalue weighted by Gasteiger charge is 2.25. The molecule has 0 saturated carbocycles. The molecule has 11 aromatic rings. The Hall–Kier alpha value is -6.58. The van der Waals surface area contributed by atoms with E-state index in [1.54, 1.807) is 0 Å². The summed E-state index contributed by atoms with van der Waals surface area (Å²) in [7, 11) is 0. The minimum absolute atomic E-state index is 0.833. The van der Waals surface area contributed by atoms with Crippen molar-refractivity contribution in [2.45, 2.75) is 0 Å². The second-order valence-electron chi connectivity index (χ2n) is 12.8. The van der Waals surface area contributed by atoms with Crippen molar-refractivity contribution >= 4 is 76.4 Å². The number of para-hydroxylation sites is 2. The van der Waals surface area contributed by atoms with Gasteiger partial charge >= 0.3 is 0 Å². The molecule has 11 rings (SSSR count). The van der Waals surface area contributed by atoms with Gasteiger partial charge in [-0.05, 0) is 69.1 Å². The predicted molar refractivity (Wildman–Crippen MR) is 202 cm³/mol. The molecule has 0 radical (unpaired) electrons. The standard InChI is InChI=1S/C46H26O3/c1-2-12-27(13-3-1)41-26-37-42(48-41)25-36-30-15-9-11-21-39(30)49-46(36)45(37)44-33-18-6-4-16-31(33)43(32-17-5-7-19-34(32)44)28-22-23-40-35(24-28)29-14-8-10-20-38(29)47-40/h1-26H. The molecule has 0 amide bonds. The lowest BCUT2D eigenvalue weighted by molar-refractivity contribution is 0.631. The summed E-state index contributed by atoms with van der Waals surface area (Å²) in [4.78, 5) is 0. The first-order valence-corrected chi connectivity index (χ1v) is 16.6. The maximum absolute atomic E-state index is 6.80. The Balaban J connectivity index is 1.30. The Morgan fingerprint density at radius 1 is 0.265 bits per heavy atom. The molecular weight excluding hydrogens is 601 g/mol. The highest BCUT2D eigenvalue weighted by atomic mass is 16.3. The molecule has 3 heteroatoms. The molecule has 3 aromatic heterocycles. The number of hydrogen-bond donors (Lipinski definition) is 0. The van der Waals surface area contributed by atoms with E-state index in [0.717, 1.165) is 93.6 Å². The lowest BCUT2D eigenvalue weighted by atomic mass is 9.84. The van der Waals surface area contributed by atoms with Crippen LogP contribution in [0.3, 0.4) is 0 Å². The van der Waals surface area contributed by atoms with Gasteiger partial charge in [0, 0.05) is 43.6 Å². The SMILES string of the molecule is c1ccc(-c2cc3c(-c4c5ccccc5c(-c5ccc6oc7ccccc7c6c5)c5ccccc45)c4oc5ccccc5c4cc3o2)cc1. The van der Waals surface area contributed by atoms with E-state index >= 15 is 0 Å². The van der Waals surface area contributed by atoms with Gasteiger partial charge in [-0.2, -0.15) is 0 Å². The number of benzene rings is 8. The summed E-state index contributed by atoms with van der Waals surface area (Å²) in [5, 5.41) is 10.1. The zero-order valence-corrected chi connectivity index (χ0v) is 26.2. The van der Waals surface area contributed by atoms with Crippen LogP contribution in [0.5, 0.6) is 0 Å². The Kier molecular flexibility index (Phi) is 5.38. The molecule has 0 bridgehead atoms. The van der Waals surface area contributed by atoms with E-state index in [1.807, 2.05) is 42.5 Å². The van der Waals surface area contributed by atoms with Gasteiger partial charge in [-0.15, -0.1) is 0 Å². The first kappa shape index (κ1) is 26.5. The van der Waals surface area contributed by atoms with Gasteiger partial charge in [0.05, 0.1) is 0 Å². The van der Waals surface area contributed by atoms with E-state index in [9.17, 15) is 0 Å². The van der Waals surface area contributed by atoms with Crippen LogP contribution in [-0.4, -0.2) is 0 Å². The summed E-state index contributed by atoms with van der Waals surface area (Å²) in [6.45, 7) is 0. The van der Waals surface area contributed by atoms with Crippen LogP contribution in [-0.2, 0) is 0 Å². The summed E-state index contributed by atoms with van der Waals surface area (Å²) >= 11 is 0. The van der Waals surface area contributed by atoms with Gasteiger partial charge in [-0.3, -0.25) is 0 Å². The molecule has 0 N–H and O–H groups in total. The normalized spacial score (nSPS) is 12.1. The van der Waals surface area contributed by atoms with Gasteiger partial charge in [-0.1, -0.05) is 121 Å². The van der Waals surface area contributed by atoms with Crippen LogP contribution in [0.15, 0.2) is 171 Å². The highest BCUT2D eigenvalue weighted by Crippen LogP contribution is 2.50. The zero-order valence-electron chi connectivity index (χ0n) is 26.2. The van der Waals surface area contributed by atoms with Crippen molar-refractivity contribution in [3.05, 3.63) is 158 Å². The topological polar surface area (TPSA) is 39.4 Å². The Morgan fingerprint density at radius 2 is 0.816 bits per heavy atom. The summed E-state index contributed by atoms with van der Waals surface area (Å²) < 4.78 is 19.7. The third-order valence-electron chi connectivity index (χ3n) is 10.1. The van der Waals surface area contributed by atoms with E-state index < -0.39 is 0 Å². The molecule has 0 atom stereocenters. The van der Waals surface area contributed by atoms with Gasteiger partial charge in [0.1, 0.15) is 33.7 Å². The van der Waals surface area contributed by atoms with Crippen LogP contribution in [0, 0.1) is 0 Å². The third-order valence-corrected chi connectivity index (χ3v) is 10.1. The zero-order chi connectivity index (χ0) is 32.1. The molecule has 0 aliphatic carbocycles. The highest BCUT2D eigenvalue weighted by molar-refractivity contribution is 6.28. The second-order valence-corrected chi connectivity index (χ2v) is 12.8. The molecule has 228 valence electrons. The minimum Gasteiger partial charge on any atom is -0.456 e. The molecule has 0 saturated heterocycles. The van der Waals surface area contributed by atoms with Crippen molar-refractivity contribution in [2.24, 2.45) is 0 Å². The maximum Gasteiger partial charge on any atom is 0.144 e. The van der Waals surface area contributed by atoms with E-state index in [1.165, 1.54) is 16.3 Å². The summed E-state index contributed by atoms with van der Waals surface area (Å²) in [6.07, 6.45) is 0. The predicted octanol–water partition coefficient (Wildman–Crippen LogP) is 13.5. The minimum atomic E-state index is 0.833. The van der Waals surface area contributed by atoms with E-state index in [4.69, 9.17) is 13.3 Å². The van der Waals surface area contributed by atoms with Crippen LogP contribution >= 0.6 is 0 Å². The van der Waals surface area contributed by atoms with Gasteiger partial charge in [-0.25, -0.2) is 0 Å². The van der Waals surface area contributed by atoms with E-state index in [2.05, 4.69) is 115 Å². The van der Waals surface area contributed by atoms with E-state index in [-0.39, 0.29) is 0 Å². The number of fused-ring (bicyclic) bond motifs is 9. The number of furan rings is 3. The van der Waals surface area contributed by atoms with Crippen molar-refractivity contribution in [3.8, 4) is 33.6 Å². The molecule has 49 heavy (non-hydrogen) atoms. The average molecular weight is 627 g/mol. The molecule has 0 aliphatic heterocycles. The van der Waals surface area contributed by atoms with Crippen LogP contribution in [0.2, 0.25) is 0 Å². The molecule has 3 heterocycles. The molecular formula is C46H26O3. The number of hydrogen-bond acceptors (Lipinski definition) is 3. The van der Waals surface area contributed by atoms with Crippen molar-refractivity contribution in [1.29, 1.82) is 0 Å². The van der Waals surface area contributed by atoms with Gasteiger partial charge in [0.25, 0.3) is 0 Å². The lowest BCUT2D eigenvalue weighted by Gasteiger charge is -2.18. The molecule has 0 spiro atoms. The molecule has 8 aromatic carbocycles. The Labute approximate surface area is 280 Å². The smallest absolute Gasteiger partial charge is 0.144 e. The van der Waals surface area contributed by atoms with E-state index in [0.29, 0.717) is 0 Å². The fourth-order valence-corrected chi connectivity index (χ4v) is 7.94. The monoisotopic (exact) mass is 626 g/mol. The van der Waals surface area contributed by atoms with Crippen molar-refractivity contribution < 1.29 is 13.3 Å². The summed E-state index contributed by atoms with van der Waals surface area (Å²) in [5.41, 5.74) is 9.93. The van der Waals surface area contributed by atoms with Crippen molar-refractivity contribution in [1.82, 2.24) is 0 Å². The largest absolute Gasteiger partial charge is 0.456 e. The maximum atomic E-state index is 6.80. The molecule has 0 unspecified atom stereocenters. The lowest BCUT2D eigenvalue weighted by Crippen LogP contribution is -1.91. The molecule has 0 aliphatic rings. The van der Waals surface area contributed by atoms with Crippen LogP contribution < -0.4 is 0 Å². The third kappa shape index (κ3) is 3.78. The van der Waals surface area contributed by atoms with Crippen molar-refractivity contribution in [2.75, 3.05) is 0 Å². The van der Waals surface area contributed by atoms with Crippen molar-refractivity contribution in [3.63, 3.8) is 0 Å². The van der Waals surface area contributed by atoms with Gasteiger partial charge in [0.2, 0.25) is 0 Å². The van der Waals surface area contributed by atoms with Crippen LogP contribution in [0.4, 0.5) is 0 Å². The van der Waals surface area contributed by atoms with Gasteiger partial charge in [0.15, 0.2) is 0 Å². The first-order valence-electron chi connectivity index (χ1n) is 16.6. The van der Waals surface area contributed by atoms with Gasteiger partial charge < -0.3 is 13.3 Å². The fourth-order valence-electron chi connectivity index (χ4n) is 7.94. The Bertz CT molecular complexity index is 3040. The quantitative estimate of drug-likeness (QED) is 0.183. The average Bonchev–Trinajstić information content (AvgIpc) is 3.87. The Morgan fingerprint density at radius 3 is 1.51 bits per heavy atom. The molecule has 0 fully saturated rings. The molecule has 3 nitrogen and oxygen atoms in total. The first-order chi connectivity index (χ1) is 24.3. The number of rotatable bonds is 3. The second kappa shape index (κ2) is 9.96. The fraction of sp³-hybridized carbons (Fsp3) is 0. The summed E-state index contributed by atoms with van der Waals surface area (Å²) in [5.74, 6) is 0.833. The van der Waals surface area contributed by atoms with Crippen LogP contribution in [0.25, 0.3) is 110 Å². The summed E-state index contributed by atoms with van der Waals surface area (Å²) in [6, 6.07) is 55.3.